The van der Waals surface area contributed by atoms with Crippen molar-refractivity contribution >= 4 is 17.6 Å². The number of aliphatic hydroxyl groups excluding tert-OH is 1. The van der Waals surface area contributed by atoms with E-state index in [9.17, 15) is 23.9 Å². The first-order chi connectivity index (χ1) is 15.8. The van der Waals surface area contributed by atoms with Gasteiger partial charge in [0.2, 0.25) is 5.91 Å². The molecule has 9 heteroatoms. The van der Waals surface area contributed by atoms with Crippen LogP contribution in [0.15, 0.2) is 53.3 Å². The van der Waals surface area contributed by atoms with E-state index in [1.165, 1.54) is 41.0 Å². The van der Waals surface area contributed by atoms with Gasteiger partial charge < -0.3 is 15.2 Å². The van der Waals surface area contributed by atoms with Gasteiger partial charge in [-0.15, -0.1) is 0 Å². The Morgan fingerprint density at radius 3 is 2.39 bits per heavy atom. The smallest absolute Gasteiger partial charge is 0.338 e. The molecule has 2 aromatic carbocycles. The number of ether oxygens (including phenoxy) is 1. The second kappa shape index (κ2) is 10.6. The van der Waals surface area contributed by atoms with Crippen LogP contribution in [-0.2, 0) is 22.5 Å². The zero-order valence-electron chi connectivity index (χ0n) is 18.3. The Morgan fingerprint density at radius 1 is 1.12 bits per heavy atom. The number of rotatable bonds is 8. The van der Waals surface area contributed by atoms with Crippen LogP contribution in [0.1, 0.15) is 28.5 Å². The van der Waals surface area contributed by atoms with Crippen molar-refractivity contribution in [1.29, 1.82) is 0 Å². The molecule has 0 saturated carbocycles. The third-order valence-corrected chi connectivity index (χ3v) is 4.92. The fourth-order valence-corrected chi connectivity index (χ4v) is 3.31. The molecule has 0 spiro atoms. The molecule has 0 radical (unpaired) electrons. The lowest BCUT2D eigenvalue weighted by atomic mass is 10.1. The lowest BCUT2D eigenvalue weighted by Gasteiger charge is -2.16. The molecule has 8 nitrogen and oxygen atoms in total. The molecular weight excluding hydrogens is 429 g/mol. The predicted molar refractivity (Wildman–Crippen MR) is 120 cm³/mol. The average Bonchev–Trinajstić information content (AvgIpc) is 2.79. The topological polar surface area (TPSA) is 111 Å². The molecular formula is C24H24FN3O5. The van der Waals surface area contributed by atoms with Crippen molar-refractivity contribution < 1.29 is 23.8 Å². The van der Waals surface area contributed by atoms with Crippen LogP contribution < -0.4 is 10.9 Å². The number of benzene rings is 2. The molecule has 0 aliphatic rings. The molecule has 3 rings (SSSR count). The van der Waals surface area contributed by atoms with Gasteiger partial charge in [0, 0.05) is 35.5 Å². The van der Waals surface area contributed by atoms with Crippen LogP contribution in [0.5, 0.6) is 0 Å². The Hall–Kier alpha value is -3.85. The van der Waals surface area contributed by atoms with Crippen molar-refractivity contribution in [3.8, 4) is 11.4 Å². The Bertz CT molecular complexity index is 1200. The first kappa shape index (κ1) is 23.8. The summed E-state index contributed by atoms with van der Waals surface area (Å²) in [5, 5.41) is 12.0. The molecule has 1 heterocycles. The maximum Gasteiger partial charge on any atom is 0.338 e. The van der Waals surface area contributed by atoms with Crippen molar-refractivity contribution in [2.75, 3.05) is 18.5 Å². The molecule has 0 bridgehead atoms. The van der Waals surface area contributed by atoms with E-state index in [4.69, 9.17) is 4.74 Å². The number of amides is 1. The number of nitrogens with zero attached hydrogens (tertiary/aromatic N) is 2. The molecule has 1 amide bonds. The monoisotopic (exact) mass is 453 g/mol. The maximum atomic E-state index is 13.4. The summed E-state index contributed by atoms with van der Waals surface area (Å²) in [6.45, 7) is 3.02. The lowest BCUT2D eigenvalue weighted by Crippen LogP contribution is -2.33. The number of aryl methyl sites for hydroxylation is 1. The summed E-state index contributed by atoms with van der Waals surface area (Å²) in [5.74, 6) is -1.18. The third kappa shape index (κ3) is 5.69. The van der Waals surface area contributed by atoms with Gasteiger partial charge in [-0.1, -0.05) is 0 Å². The summed E-state index contributed by atoms with van der Waals surface area (Å²) in [6.07, 6.45) is 0.0955. The van der Waals surface area contributed by atoms with Crippen LogP contribution in [0.2, 0.25) is 0 Å². The van der Waals surface area contributed by atoms with Crippen LogP contribution in [0.25, 0.3) is 11.4 Å². The van der Waals surface area contributed by atoms with Gasteiger partial charge >= 0.3 is 5.97 Å². The highest BCUT2D eigenvalue weighted by atomic mass is 19.1. The number of halogens is 1. The number of hydrogen-bond donors (Lipinski definition) is 2. The van der Waals surface area contributed by atoms with Gasteiger partial charge in [0.05, 0.1) is 12.2 Å². The zero-order chi connectivity index (χ0) is 24.0. The first-order valence-corrected chi connectivity index (χ1v) is 10.4. The zero-order valence-corrected chi connectivity index (χ0v) is 18.3. The summed E-state index contributed by atoms with van der Waals surface area (Å²) in [6, 6.07) is 11.6. The van der Waals surface area contributed by atoms with Crippen molar-refractivity contribution in [1.82, 2.24) is 9.55 Å². The van der Waals surface area contributed by atoms with E-state index in [0.717, 1.165) is 0 Å². The van der Waals surface area contributed by atoms with Crippen LogP contribution >= 0.6 is 0 Å². The van der Waals surface area contributed by atoms with Crippen molar-refractivity contribution in [3.63, 3.8) is 0 Å². The summed E-state index contributed by atoms with van der Waals surface area (Å²) in [4.78, 5) is 42.1. The summed E-state index contributed by atoms with van der Waals surface area (Å²) < 4.78 is 19.5. The number of esters is 1. The molecule has 0 saturated heterocycles. The molecule has 1 aromatic heterocycles. The van der Waals surface area contributed by atoms with Gasteiger partial charge in [0.15, 0.2) is 0 Å². The number of anilines is 1. The second-order valence-electron chi connectivity index (χ2n) is 7.22. The Balaban J connectivity index is 1.90. The Labute approximate surface area is 189 Å². The number of carbonyl (C=O) groups is 2. The van der Waals surface area contributed by atoms with Gasteiger partial charge in [-0.05, 0) is 62.4 Å². The van der Waals surface area contributed by atoms with Crippen molar-refractivity contribution in [3.05, 3.63) is 81.5 Å². The Kier molecular flexibility index (Phi) is 7.68. The molecule has 172 valence electrons. The molecule has 0 fully saturated rings. The van der Waals surface area contributed by atoms with Gasteiger partial charge in [-0.2, -0.15) is 0 Å². The lowest BCUT2D eigenvalue weighted by molar-refractivity contribution is -0.116. The standard InChI is InChI=1S/C24H24FN3O5/c1-3-33-24(32)17-6-10-19(11-7-17)27-21(30)14-28-22(16-4-8-18(25)9-5-16)26-15(2)20(12-13-29)23(28)31/h4-11,29H,3,12-14H2,1-2H3,(H,27,30). The minimum atomic E-state index is -0.495. The van der Waals surface area contributed by atoms with Crippen LogP contribution in [0.4, 0.5) is 10.1 Å². The maximum absolute atomic E-state index is 13.4. The van der Waals surface area contributed by atoms with Gasteiger partial charge in [0.1, 0.15) is 18.2 Å². The van der Waals surface area contributed by atoms with Crippen LogP contribution in [-0.4, -0.2) is 39.7 Å². The van der Waals surface area contributed by atoms with Crippen LogP contribution in [0.3, 0.4) is 0 Å². The van der Waals surface area contributed by atoms with E-state index in [1.54, 1.807) is 26.0 Å². The highest BCUT2D eigenvalue weighted by molar-refractivity contribution is 5.93. The number of carbonyl (C=O) groups excluding carboxylic acids is 2. The SMILES string of the molecule is CCOC(=O)c1ccc(NC(=O)Cn2c(-c3ccc(F)cc3)nc(C)c(CCO)c2=O)cc1. The predicted octanol–water partition coefficient (Wildman–Crippen LogP) is 2.71. The van der Waals surface area contributed by atoms with E-state index >= 15 is 0 Å². The largest absolute Gasteiger partial charge is 0.462 e. The minimum Gasteiger partial charge on any atom is -0.462 e. The fraction of sp³-hybridized carbons (Fsp3) is 0.250. The van der Waals surface area contributed by atoms with Crippen molar-refractivity contribution in [2.24, 2.45) is 0 Å². The number of hydrogen-bond acceptors (Lipinski definition) is 6. The normalized spacial score (nSPS) is 10.7. The van der Waals surface area contributed by atoms with E-state index in [1.807, 2.05) is 0 Å². The average molecular weight is 453 g/mol. The van der Waals surface area contributed by atoms with E-state index in [-0.39, 0.29) is 32.0 Å². The van der Waals surface area contributed by atoms with E-state index in [0.29, 0.717) is 28.1 Å². The van der Waals surface area contributed by atoms with E-state index < -0.39 is 23.3 Å². The summed E-state index contributed by atoms with van der Waals surface area (Å²) in [7, 11) is 0. The van der Waals surface area contributed by atoms with E-state index in [2.05, 4.69) is 10.3 Å². The third-order valence-electron chi connectivity index (χ3n) is 4.92. The minimum absolute atomic E-state index is 0.0955. The molecule has 33 heavy (non-hydrogen) atoms. The number of aliphatic hydroxyl groups is 1. The van der Waals surface area contributed by atoms with Crippen LogP contribution in [0, 0.1) is 12.7 Å². The molecule has 0 aliphatic heterocycles. The first-order valence-electron chi connectivity index (χ1n) is 10.4. The molecule has 0 aliphatic carbocycles. The van der Waals surface area contributed by atoms with Gasteiger partial charge in [0.25, 0.3) is 5.56 Å². The molecule has 0 atom stereocenters. The number of aromatic nitrogens is 2. The van der Waals surface area contributed by atoms with Crippen molar-refractivity contribution in [2.45, 2.75) is 26.8 Å². The fourth-order valence-electron chi connectivity index (χ4n) is 3.31. The second-order valence-corrected chi connectivity index (χ2v) is 7.22. The highest BCUT2D eigenvalue weighted by Gasteiger charge is 2.18. The Morgan fingerprint density at radius 2 is 1.79 bits per heavy atom. The van der Waals surface area contributed by atoms with Gasteiger partial charge in [-0.25, -0.2) is 14.2 Å². The summed E-state index contributed by atoms with van der Waals surface area (Å²) >= 11 is 0. The van der Waals surface area contributed by atoms with Gasteiger partial charge in [-0.3, -0.25) is 14.2 Å². The molecule has 2 N–H and O–H groups in total. The highest BCUT2D eigenvalue weighted by Crippen LogP contribution is 2.19. The number of nitrogens with one attached hydrogen (secondary N) is 1. The summed E-state index contributed by atoms with van der Waals surface area (Å²) in [5.41, 5.74) is 1.53. The quantitative estimate of drug-likeness (QED) is 0.508. The molecule has 3 aromatic rings. The molecule has 0 unspecified atom stereocenters.